The highest BCUT2D eigenvalue weighted by Gasteiger charge is 2.10. The number of halogens is 2. The van der Waals surface area contributed by atoms with Crippen LogP contribution in [0.4, 0.5) is 27.4 Å². The second-order valence-electron chi connectivity index (χ2n) is 4.95. The maximum absolute atomic E-state index is 13.9. The average Bonchev–Trinajstić information content (AvgIpc) is 2.59. The molecular weight excluding hydrogens is 375 g/mol. The summed E-state index contributed by atoms with van der Waals surface area (Å²) in [7, 11) is 0. The number of hydrogen-bond acceptors (Lipinski definition) is 6. The molecule has 3 aromatic rings. The third-order valence-corrected chi connectivity index (χ3v) is 3.74. The fourth-order valence-electron chi connectivity index (χ4n) is 2.04. The van der Waals surface area contributed by atoms with Crippen LogP contribution in [0.2, 0.25) is 0 Å². The standard InChI is InChI=1S/C16H14BrFN6/c17-11-3-4-13(12(18)6-11)24-16-14(19)15(22-9-23-16)21-8-10-2-1-5-20-7-10/h1-7,9H,8,19H2,(H2,21,22,23,24). The number of anilines is 4. The van der Waals surface area contributed by atoms with Crippen molar-refractivity contribution in [1.29, 1.82) is 0 Å². The Kier molecular flexibility index (Phi) is 4.85. The van der Waals surface area contributed by atoms with Gasteiger partial charge < -0.3 is 16.4 Å². The monoisotopic (exact) mass is 388 g/mol. The summed E-state index contributed by atoms with van der Waals surface area (Å²) in [6.45, 7) is 0.515. The topological polar surface area (TPSA) is 88.8 Å². The van der Waals surface area contributed by atoms with Gasteiger partial charge in [-0.15, -0.1) is 0 Å². The van der Waals surface area contributed by atoms with Gasteiger partial charge in [-0.3, -0.25) is 4.98 Å². The molecule has 0 aliphatic heterocycles. The average molecular weight is 389 g/mol. The van der Waals surface area contributed by atoms with Crippen LogP contribution in [0.3, 0.4) is 0 Å². The number of nitrogens with one attached hydrogen (secondary N) is 2. The first-order valence-corrected chi connectivity index (χ1v) is 7.88. The van der Waals surface area contributed by atoms with Crippen molar-refractivity contribution in [2.45, 2.75) is 6.54 Å². The molecule has 24 heavy (non-hydrogen) atoms. The molecular formula is C16H14BrFN6. The van der Waals surface area contributed by atoms with Crippen molar-refractivity contribution < 1.29 is 4.39 Å². The van der Waals surface area contributed by atoms with Crippen molar-refractivity contribution in [1.82, 2.24) is 15.0 Å². The van der Waals surface area contributed by atoms with Crippen LogP contribution < -0.4 is 16.4 Å². The first-order valence-electron chi connectivity index (χ1n) is 7.09. The summed E-state index contributed by atoms with van der Waals surface area (Å²) in [5, 5.41) is 6.00. The van der Waals surface area contributed by atoms with Gasteiger partial charge in [0.1, 0.15) is 17.8 Å². The first-order chi connectivity index (χ1) is 11.6. The van der Waals surface area contributed by atoms with Crippen molar-refractivity contribution in [3.8, 4) is 0 Å². The van der Waals surface area contributed by atoms with Crippen LogP contribution >= 0.6 is 15.9 Å². The molecule has 4 N–H and O–H groups in total. The molecule has 6 nitrogen and oxygen atoms in total. The maximum atomic E-state index is 13.9. The molecule has 3 rings (SSSR count). The SMILES string of the molecule is Nc1c(NCc2cccnc2)ncnc1Nc1ccc(Br)cc1F. The molecule has 1 aromatic carbocycles. The van der Waals surface area contributed by atoms with Gasteiger partial charge in [0.2, 0.25) is 0 Å². The van der Waals surface area contributed by atoms with Crippen LogP contribution in [0.5, 0.6) is 0 Å². The molecule has 2 aromatic heterocycles. The van der Waals surface area contributed by atoms with Gasteiger partial charge in [0.15, 0.2) is 11.6 Å². The Hall–Kier alpha value is -2.74. The minimum Gasteiger partial charge on any atom is -0.393 e. The number of nitrogens with two attached hydrogens (primary N) is 1. The van der Waals surface area contributed by atoms with E-state index < -0.39 is 5.82 Å². The molecule has 0 bridgehead atoms. The molecule has 0 fully saturated rings. The van der Waals surface area contributed by atoms with E-state index in [1.54, 1.807) is 24.5 Å². The summed E-state index contributed by atoms with van der Waals surface area (Å²) in [4.78, 5) is 12.2. The Labute approximate surface area is 146 Å². The van der Waals surface area contributed by atoms with Gasteiger partial charge >= 0.3 is 0 Å². The van der Waals surface area contributed by atoms with Crippen LogP contribution in [0.25, 0.3) is 0 Å². The van der Waals surface area contributed by atoms with E-state index in [1.165, 1.54) is 12.4 Å². The molecule has 0 amide bonds. The lowest BCUT2D eigenvalue weighted by Crippen LogP contribution is -2.08. The van der Waals surface area contributed by atoms with Crippen LogP contribution in [0.15, 0.2) is 53.5 Å². The van der Waals surface area contributed by atoms with Gasteiger partial charge in [0.05, 0.1) is 5.69 Å². The molecule has 0 aliphatic rings. The third kappa shape index (κ3) is 3.77. The van der Waals surface area contributed by atoms with E-state index in [-0.39, 0.29) is 5.69 Å². The van der Waals surface area contributed by atoms with Crippen molar-refractivity contribution in [3.05, 3.63) is 64.9 Å². The highest BCUT2D eigenvalue weighted by molar-refractivity contribution is 9.10. The Morgan fingerprint density at radius 2 is 2.00 bits per heavy atom. The first kappa shape index (κ1) is 16.1. The second kappa shape index (κ2) is 7.22. The van der Waals surface area contributed by atoms with E-state index >= 15 is 0 Å². The molecule has 0 spiro atoms. The number of hydrogen-bond donors (Lipinski definition) is 3. The molecule has 0 aliphatic carbocycles. The summed E-state index contributed by atoms with van der Waals surface area (Å²) in [6.07, 6.45) is 4.82. The van der Waals surface area contributed by atoms with Gasteiger partial charge in [-0.2, -0.15) is 0 Å². The Morgan fingerprint density at radius 3 is 2.75 bits per heavy atom. The Bertz CT molecular complexity index is 843. The predicted octanol–water partition coefficient (Wildman–Crippen LogP) is 3.71. The maximum Gasteiger partial charge on any atom is 0.159 e. The van der Waals surface area contributed by atoms with Crippen LogP contribution in [-0.4, -0.2) is 15.0 Å². The van der Waals surface area contributed by atoms with E-state index in [0.717, 1.165) is 5.56 Å². The normalized spacial score (nSPS) is 10.4. The zero-order valence-electron chi connectivity index (χ0n) is 12.5. The van der Waals surface area contributed by atoms with Crippen molar-refractivity contribution in [2.24, 2.45) is 0 Å². The number of aromatic nitrogens is 3. The van der Waals surface area contributed by atoms with Crippen molar-refractivity contribution in [2.75, 3.05) is 16.4 Å². The third-order valence-electron chi connectivity index (χ3n) is 3.25. The molecule has 8 heteroatoms. The molecule has 0 atom stereocenters. The lowest BCUT2D eigenvalue weighted by atomic mass is 10.3. The van der Waals surface area contributed by atoms with E-state index in [0.29, 0.717) is 28.3 Å². The van der Waals surface area contributed by atoms with Gasteiger partial charge in [0, 0.05) is 23.4 Å². The summed E-state index contributed by atoms with van der Waals surface area (Å²) in [5.74, 6) is 0.390. The number of pyridine rings is 1. The molecule has 2 heterocycles. The second-order valence-corrected chi connectivity index (χ2v) is 5.86. The smallest absolute Gasteiger partial charge is 0.159 e. The Balaban J connectivity index is 1.78. The summed E-state index contributed by atoms with van der Waals surface area (Å²) < 4.78 is 14.6. The zero-order valence-corrected chi connectivity index (χ0v) is 14.1. The van der Waals surface area contributed by atoms with E-state index in [1.807, 2.05) is 12.1 Å². The minimum atomic E-state index is -0.410. The van der Waals surface area contributed by atoms with Crippen LogP contribution in [0, 0.1) is 5.82 Å². The fourth-order valence-corrected chi connectivity index (χ4v) is 2.38. The van der Waals surface area contributed by atoms with Crippen LogP contribution in [0.1, 0.15) is 5.56 Å². The number of benzene rings is 1. The molecule has 0 unspecified atom stereocenters. The van der Waals surface area contributed by atoms with Gasteiger partial charge in [0.25, 0.3) is 0 Å². The largest absolute Gasteiger partial charge is 0.393 e. The highest BCUT2D eigenvalue weighted by atomic mass is 79.9. The predicted molar refractivity (Wildman–Crippen MR) is 95.4 cm³/mol. The summed E-state index contributed by atoms with van der Waals surface area (Å²) >= 11 is 3.22. The van der Waals surface area contributed by atoms with Gasteiger partial charge in [-0.05, 0) is 29.8 Å². The van der Waals surface area contributed by atoms with Gasteiger partial charge in [-0.25, -0.2) is 14.4 Å². The quantitative estimate of drug-likeness (QED) is 0.617. The molecule has 122 valence electrons. The Morgan fingerprint density at radius 1 is 1.17 bits per heavy atom. The zero-order chi connectivity index (χ0) is 16.9. The molecule has 0 radical (unpaired) electrons. The number of nitrogen functional groups attached to an aromatic ring is 1. The van der Waals surface area contributed by atoms with E-state index in [2.05, 4.69) is 41.5 Å². The highest BCUT2D eigenvalue weighted by Crippen LogP contribution is 2.28. The van der Waals surface area contributed by atoms with E-state index in [9.17, 15) is 4.39 Å². The summed E-state index contributed by atoms with van der Waals surface area (Å²) in [5.41, 5.74) is 7.66. The fraction of sp³-hybridized carbons (Fsp3) is 0.0625. The van der Waals surface area contributed by atoms with Gasteiger partial charge in [-0.1, -0.05) is 22.0 Å². The minimum absolute atomic E-state index is 0.279. The lowest BCUT2D eigenvalue weighted by Gasteiger charge is -2.13. The van der Waals surface area contributed by atoms with Crippen molar-refractivity contribution in [3.63, 3.8) is 0 Å². The molecule has 0 saturated heterocycles. The van der Waals surface area contributed by atoms with Crippen molar-refractivity contribution >= 4 is 38.9 Å². The lowest BCUT2D eigenvalue weighted by molar-refractivity contribution is 0.631. The van der Waals surface area contributed by atoms with E-state index in [4.69, 9.17) is 5.73 Å². The molecule has 0 saturated carbocycles. The van der Waals surface area contributed by atoms with Crippen LogP contribution in [-0.2, 0) is 6.54 Å². The number of nitrogens with zero attached hydrogens (tertiary/aromatic N) is 3. The number of rotatable bonds is 5. The summed E-state index contributed by atoms with van der Waals surface area (Å²) in [6, 6.07) is 8.48.